The van der Waals surface area contributed by atoms with Crippen LogP contribution in [0.25, 0.3) is 11.0 Å². The van der Waals surface area contributed by atoms with Gasteiger partial charge in [0.2, 0.25) is 5.91 Å². The van der Waals surface area contributed by atoms with Crippen molar-refractivity contribution >= 4 is 29.3 Å². The monoisotopic (exact) mass is 308 g/mol. The highest BCUT2D eigenvalue weighted by molar-refractivity contribution is 5.85. The topological polar surface area (TPSA) is 59.0 Å². The first kappa shape index (κ1) is 15.8. The van der Waals surface area contributed by atoms with Gasteiger partial charge in [-0.1, -0.05) is 12.1 Å². The van der Waals surface area contributed by atoms with E-state index in [2.05, 4.69) is 26.3 Å². The average molecular weight is 309 g/mol. The molecule has 1 fully saturated rings. The number of halogens is 1. The van der Waals surface area contributed by atoms with Gasteiger partial charge in [0, 0.05) is 26.2 Å². The van der Waals surface area contributed by atoms with Crippen molar-refractivity contribution in [3.05, 3.63) is 30.1 Å². The van der Waals surface area contributed by atoms with Crippen molar-refractivity contribution in [3.8, 4) is 0 Å². The maximum Gasteiger partial charge on any atom is 0.225 e. The van der Waals surface area contributed by atoms with E-state index in [1.165, 1.54) is 5.52 Å². The Bertz CT molecular complexity index is 621. The maximum absolute atomic E-state index is 11.7. The van der Waals surface area contributed by atoms with E-state index in [0.29, 0.717) is 0 Å². The van der Waals surface area contributed by atoms with Crippen LogP contribution >= 0.6 is 12.4 Å². The number of benzene rings is 1. The smallest absolute Gasteiger partial charge is 0.225 e. The van der Waals surface area contributed by atoms with Crippen LogP contribution in [0.1, 0.15) is 12.2 Å². The van der Waals surface area contributed by atoms with Gasteiger partial charge in [-0.3, -0.25) is 4.79 Å². The normalized spacial score (nSPS) is 14.5. The largest absolute Gasteiger partial charge is 0.356 e. The van der Waals surface area contributed by atoms with E-state index in [4.69, 9.17) is 0 Å². The molecule has 1 aliphatic heterocycles. The van der Waals surface area contributed by atoms with Crippen molar-refractivity contribution < 1.29 is 4.79 Å². The zero-order chi connectivity index (χ0) is 13.9. The molecule has 21 heavy (non-hydrogen) atoms. The van der Waals surface area contributed by atoms with Crippen molar-refractivity contribution in [1.29, 1.82) is 0 Å². The Balaban J connectivity index is 0.00000161. The summed E-state index contributed by atoms with van der Waals surface area (Å²) in [5.41, 5.74) is 2.20. The predicted molar refractivity (Wildman–Crippen MR) is 85.7 cm³/mol. The number of rotatable bonds is 5. The fourth-order valence-electron chi connectivity index (χ4n) is 2.55. The van der Waals surface area contributed by atoms with Crippen LogP contribution < -0.4 is 10.6 Å². The Kier molecular flexibility index (Phi) is 5.20. The fraction of sp³-hybridized carbons (Fsp3) is 0.467. The molecule has 2 aromatic rings. The number of carbonyl (C=O) groups excluding carboxylic acids is 1. The zero-order valence-electron chi connectivity index (χ0n) is 12.1. The second-order valence-corrected chi connectivity index (χ2v) is 5.30. The molecule has 1 amide bonds. The molecule has 0 atom stereocenters. The van der Waals surface area contributed by atoms with Crippen LogP contribution in [-0.4, -0.2) is 35.1 Å². The van der Waals surface area contributed by atoms with E-state index < -0.39 is 0 Å². The lowest BCUT2D eigenvalue weighted by molar-refractivity contribution is -0.126. The second-order valence-electron chi connectivity index (χ2n) is 5.30. The third-order valence-electron chi connectivity index (χ3n) is 3.86. The van der Waals surface area contributed by atoms with Gasteiger partial charge in [0.15, 0.2) is 0 Å². The van der Waals surface area contributed by atoms with Crippen LogP contribution in [0.2, 0.25) is 0 Å². The van der Waals surface area contributed by atoms with Crippen LogP contribution in [0, 0.1) is 12.8 Å². The summed E-state index contributed by atoms with van der Waals surface area (Å²) in [5.74, 6) is 1.38. The second kappa shape index (κ2) is 6.91. The van der Waals surface area contributed by atoms with Gasteiger partial charge in [-0.2, -0.15) is 0 Å². The molecule has 0 unspecified atom stereocenters. The van der Waals surface area contributed by atoms with Gasteiger partial charge < -0.3 is 15.2 Å². The summed E-state index contributed by atoms with van der Waals surface area (Å²) < 4.78 is 2.21. The Morgan fingerprint density at radius 3 is 2.90 bits per heavy atom. The molecule has 1 aromatic carbocycles. The zero-order valence-corrected chi connectivity index (χ0v) is 12.9. The van der Waals surface area contributed by atoms with E-state index in [1.54, 1.807) is 0 Å². The van der Waals surface area contributed by atoms with Crippen LogP contribution in [0.15, 0.2) is 24.3 Å². The number of imidazole rings is 1. The van der Waals surface area contributed by atoms with Gasteiger partial charge in [-0.25, -0.2) is 4.98 Å². The van der Waals surface area contributed by atoms with E-state index in [9.17, 15) is 4.79 Å². The third-order valence-corrected chi connectivity index (χ3v) is 3.86. The molecule has 3 rings (SSSR count). The molecule has 2 heterocycles. The number of amides is 1. The van der Waals surface area contributed by atoms with E-state index in [1.807, 2.05) is 25.1 Å². The molecule has 1 aliphatic rings. The van der Waals surface area contributed by atoms with Crippen molar-refractivity contribution in [2.75, 3.05) is 19.6 Å². The van der Waals surface area contributed by atoms with Crippen molar-refractivity contribution in [2.45, 2.75) is 19.9 Å². The van der Waals surface area contributed by atoms with Gasteiger partial charge in [0.05, 0.1) is 17.0 Å². The maximum atomic E-state index is 11.7. The molecule has 6 heteroatoms. The molecule has 0 aliphatic carbocycles. The van der Waals surface area contributed by atoms with E-state index in [0.717, 1.165) is 43.9 Å². The van der Waals surface area contributed by atoms with Crippen LogP contribution in [0.3, 0.4) is 0 Å². The molecule has 114 valence electrons. The van der Waals surface area contributed by atoms with E-state index in [-0.39, 0.29) is 24.2 Å². The first-order valence-electron chi connectivity index (χ1n) is 7.16. The summed E-state index contributed by atoms with van der Waals surface area (Å²) in [5, 5.41) is 6.11. The quantitative estimate of drug-likeness (QED) is 0.823. The number of aryl methyl sites for hydroxylation is 2. The van der Waals surface area contributed by atoms with Gasteiger partial charge in [0.1, 0.15) is 5.82 Å². The molecule has 0 bridgehead atoms. The van der Waals surface area contributed by atoms with Crippen LogP contribution in [-0.2, 0) is 11.3 Å². The minimum absolute atomic E-state index is 0. The summed E-state index contributed by atoms with van der Waals surface area (Å²) >= 11 is 0. The van der Waals surface area contributed by atoms with Gasteiger partial charge >= 0.3 is 0 Å². The lowest BCUT2D eigenvalue weighted by Crippen LogP contribution is -2.50. The number of nitrogens with zero attached hydrogens (tertiary/aromatic N) is 2. The fourth-order valence-corrected chi connectivity index (χ4v) is 2.55. The van der Waals surface area contributed by atoms with Gasteiger partial charge in [0.25, 0.3) is 0 Å². The average Bonchev–Trinajstić information content (AvgIpc) is 2.68. The number of carbonyl (C=O) groups is 1. The Morgan fingerprint density at radius 1 is 1.43 bits per heavy atom. The molecule has 1 aromatic heterocycles. The van der Waals surface area contributed by atoms with Crippen molar-refractivity contribution in [3.63, 3.8) is 0 Å². The van der Waals surface area contributed by atoms with Crippen LogP contribution in [0.4, 0.5) is 0 Å². The van der Waals surface area contributed by atoms with E-state index >= 15 is 0 Å². The summed E-state index contributed by atoms with van der Waals surface area (Å²) in [6, 6.07) is 8.16. The highest BCUT2D eigenvalue weighted by Crippen LogP contribution is 2.15. The summed E-state index contributed by atoms with van der Waals surface area (Å²) in [6.07, 6.45) is 0.924. The summed E-state index contributed by atoms with van der Waals surface area (Å²) in [4.78, 5) is 16.2. The minimum atomic E-state index is 0. The van der Waals surface area contributed by atoms with Crippen LogP contribution in [0.5, 0.6) is 0 Å². The van der Waals surface area contributed by atoms with Gasteiger partial charge in [-0.15, -0.1) is 12.4 Å². The number of nitrogens with one attached hydrogen (secondary N) is 2. The first-order valence-corrected chi connectivity index (χ1v) is 7.16. The van der Waals surface area contributed by atoms with Crippen molar-refractivity contribution in [1.82, 2.24) is 20.2 Å². The number of hydrogen-bond acceptors (Lipinski definition) is 3. The standard InChI is InChI=1S/C15H20N4O.ClH/c1-11-18-13-5-2-3-6-14(13)19(11)8-4-7-17-15(20)12-9-16-10-12;/h2-3,5-6,12,16H,4,7-10H2,1H3,(H,17,20);1H. The Labute approximate surface area is 130 Å². The third kappa shape index (κ3) is 3.36. The number of para-hydroxylation sites is 2. The number of aromatic nitrogens is 2. The first-order chi connectivity index (χ1) is 9.75. The minimum Gasteiger partial charge on any atom is -0.356 e. The molecule has 0 saturated carbocycles. The van der Waals surface area contributed by atoms with Gasteiger partial charge in [-0.05, 0) is 25.5 Å². The molecule has 0 spiro atoms. The lowest BCUT2D eigenvalue weighted by Gasteiger charge is -2.25. The Morgan fingerprint density at radius 2 is 2.19 bits per heavy atom. The molecule has 1 saturated heterocycles. The lowest BCUT2D eigenvalue weighted by atomic mass is 10.0. The predicted octanol–water partition coefficient (Wildman–Crippen LogP) is 1.49. The molecule has 0 radical (unpaired) electrons. The number of fused-ring (bicyclic) bond motifs is 1. The molecule has 5 nitrogen and oxygen atoms in total. The summed E-state index contributed by atoms with van der Waals surface area (Å²) in [6.45, 7) is 5.27. The molecule has 2 N–H and O–H groups in total. The molecular weight excluding hydrogens is 288 g/mol. The highest BCUT2D eigenvalue weighted by atomic mass is 35.5. The SMILES string of the molecule is Cc1nc2ccccc2n1CCCNC(=O)C1CNC1.Cl. The molecular formula is C15H21ClN4O. The highest BCUT2D eigenvalue weighted by Gasteiger charge is 2.24. The Hall–Kier alpha value is -1.59. The van der Waals surface area contributed by atoms with Crippen molar-refractivity contribution in [2.24, 2.45) is 5.92 Å². The summed E-state index contributed by atoms with van der Waals surface area (Å²) in [7, 11) is 0. The number of hydrogen-bond donors (Lipinski definition) is 2.